The van der Waals surface area contributed by atoms with Gasteiger partial charge >= 0.3 is 0 Å². The van der Waals surface area contributed by atoms with E-state index < -0.39 is 31.2 Å². The van der Waals surface area contributed by atoms with Crippen molar-refractivity contribution in [1.82, 2.24) is 5.32 Å². The van der Waals surface area contributed by atoms with E-state index in [4.69, 9.17) is 15.3 Å². The topological polar surface area (TPSA) is 55.1 Å². The summed E-state index contributed by atoms with van der Waals surface area (Å²) in [4.78, 5) is 11.1. The van der Waals surface area contributed by atoms with Crippen molar-refractivity contribution in [1.29, 1.82) is 0 Å². The highest BCUT2D eigenvalue weighted by atomic mass is 16.1. The van der Waals surface area contributed by atoms with Crippen LogP contribution < -0.4 is 11.1 Å². The molecule has 0 aromatic heterocycles. The van der Waals surface area contributed by atoms with Crippen molar-refractivity contribution in [3.8, 4) is 0 Å². The molecule has 1 fully saturated rings. The molecule has 0 aromatic carbocycles. The van der Waals surface area contributed by atoms with Crippen LogP contribution in [0, 0.1) is 5.89 Å². The van der Waals surface area contributed by atoms with Crippen LogP contribution in [-0.2, 0) is 4.79 Å². The van der Waals surface area contributed by atoms with Gasteiger partial charge in [0.25, 0.3) is 0 Å². The summed E-state index contributed by atoms with van der Waals surface area (Å²) in [5, 5.41) is 1.59. The number of carbonyl (C=O) groups is 1. The zero-order valence-electron chi connectivity index (χ0n) is 11.0. The molecule has 8 heavy (non-hydrogen) atoms. The molecule has 1 aliphatic heterocycles. The minimum atomic E-state index is -3.04. The summed E-state index contributed by atoms with van der Waals surface area (Å²) in [5.41, 5.74) is 4.96. The lowest BCUT2D eigenvalue weighted by Crippen LogP contribution is -2.17. The summed E-state index contributed by atoms with van der Waals surface area (Å²) in [7, 11) is 0. The number of nitrogens with two attached hydrogens (primary N) is 1. The molecule has 1 unspecified atom stereocenters. The predicted octanol–water partition coefficient (Wildman–Crippen LogP) is -0.919. The van der Waals surface area contributed by atoms with Crippen LogP contribution in [0.25, 0.3) is 0 Å². The predicted molar refractivity (Wildman–Crippen MR) is 30.2 cm³/mol. The van der Waals surface area contributed by atoms with Crippen molar-refractivity contribution < 1.29 is 14.4 Å². The highest BCUT2D eigenvalue weighted by molar-refractivity contribution is 5.78. The van der Waals surface area contributed by atoms with Crippen molar-refractivity contribution in [2.24, 2.45) is 11.6 Å². The van der Waals surface area contributed by atoms with Gasteiger partial charge in [0, 0.05) is 22.5 Å². The van der Waals surface area contributed by atoms with Gasteiger partial charge in [0.05, 0.1) is 0 Å². The maximum atomic E-state index is 11.1. The molecule has 1 heterocycles. The van der Waals surface area contributed by atoms with Gasteiger partial charge in [-0.2, -0.15) is 0 Å². The van der Waals surface area contributed by atoms with Crippen LogP contribution in [0.5, 0.6) is 0 Å². The Labute approximate surface area is 58.1 Å². The number of carbonyl (C=O) groups excluding carboxylic acids is 1. The van der Waals surface area contributed by atoms with E-state index in [1.165, 1.54) is 0 Å². The van der Waals surface area contributed by atoms with E-state index in [1.54, 1.807) is 5.32 Å². The second kappa shape index (κ2) is 2.13. The molecule has 0 saturated carbocycles. The summed E-state index contributed by atoms with van der Waals surface area (Å²) in [5.74, 6) is -4.42. The molecule has 0 aromatic rings. The van der Waals surface area contributed by atoms with Gasteiger partial charge in [0.2, 0.25) is 5.91 Å². The number of hydrogen-bond acceptors (Lipinski definition) is 2. The molecule has 1 atom stereocenters. The highest BCUT2D eigenvalue weighted by Crippen LogP contribution is 2.04. The largest absolute Gasteiger partial charge is 0.356 e. The molecule has 3 heteroatoms. The third kappa shape index (κ3) is 0.980. The first kappa shape index (κ1) is 1.48. The van der Waals surface area contributed by atoms with Crippen molar-refractivity contribution in [2.45, 2.75) is 6.37 Å². The van der Waals surface area contributed by atoms with Crippen molar-refractivity contribution in [3.63, 3.8) is 0 Å². The third-order valence-corrected chi connectivity index (χ3v) is 0.684. The maximum Gasteiger partial charge on any atom is 0.220 e. The van der Waals surface area contributed by atoms with Crippen LogP contribution in [0.3, 0.4) is 0 Å². The fourth-order valence-corrected chi connectivity index (χ4v) is 0.367. The maximum absolute atomic E-state index is 11.1. The lowest BCUT2D eigenvalue weighted by atomic mass is 10.1. The van der Waals surface area contributed by atoms with Gasteiger partial charge in [-0.3, -0.25) is 4.79 Å². The van der Waals surface area contributed by atoms with Crippen molar-refractivity contribution >= 4 is 5.91 Å². The summed E-state index contributed by atoms with van der Waals surface area (Å²) in [6.45, 7) is -5.87. The van der Waals surface area contributed by atoms with Gasteiger partial charge in [0.15, 0.2) is 0 Å². The SMILES string of the molecule is [2H]C([2H])(N)C1([2H])C([2H])([2H])NC(=O)C1([2H])[2H]. The second-order valence-corrected chi connectivity index (χ2v) is 1.22. The molecule has 1 amide bonds. The molecular formula is C5H10N2O. The van der Waals surface area contributed by atoms with Crippen LogP contribution in [-0.4, -0.2) is 18.9 Å². The molecule has 1 saturated heterocycles. The third-order valence-electron chi connectivity index (χ3n) is 0.684. The molecule has 3 nitrogen and oxygen atoms in total. The Bertz CT molecular complexity index is 311. The Kier molecular flexibility index (Phi) is 0.393. The van der Waals surface area contributed by atoms with Gasteiger partial charge in [-0.15, -0.1) is 0 Å². The van der Waals surface area contributed by atoms with Gasteiger partial charge in [0.1, 0.15) is 0 Å². The fourth-order valence-electron chi connectivity index (χ4n) is 0.367. The Balaban J connectivity index is 3.43. The van der Waals surface area contributed by atoms with Gasteiger partial charge < -0.3 is 11.1 Å². The second-order valence-electron chi connectivity index (χ2n) is 1.22. The first-order valence-electron chi connectivity index (χ1n) is 5.49. The van der Waals surface area contributed by atoms with E-state index in [1.807, 2.05) is 0 Å². The van der Waals surface area contributed by atoms with Crippen LogP contribution in [0.2, 0.25) is 0 Å². The minimum Gasteiger partial charge on any atom is -0.356 e. The van der Waals surface area contributed by atoms with Crippen LogP contribution >= 0.6 is 0 Å². The number of rotatable bonds is 1. The van der Waals surface area contributed by atoms with E-state index in [-0.39, 0.29) is 0 Å². The van der Waals surface area contributed by atoms with Crippen LogP contribution in [0.15, 0.2) is 0 Å². The Morgan fingerprint density at radius 1 is 2.38 bits per heavy atom. The zero-order chi connectivity index (χ0) is 12.3. The average Bonchev–Trinajstić information content (AvgIpc) is 2.08. The lowest BCUT2D eigenvalue weighted by Gasteiger charge is -1.97. The van der Waals surface area contributed by atoms with Gasteiger partial charge in [-0.1, -0.05) is 0 Å². The lowest BCUT2D eigenvalue weighted by molar-refractivity contribution is -0.119. The molecular weight excluding hydrogens is 104 g/mol. The van der Waals surface area contributed by atoms with Crippen molar-refractivity contribution in [3.05, 3.63) is 0 Å². The number of nitrogens with one attached hydrogen (secondary N) is 1. The smallest absolute Gasteiger partial charge is 0.220 e. The average molecular weight is 121 g/mol. The summed E-state index contributed by atoms with van der Waals surface area (Å²) in [6, 6.07) is 0. The molecule has 46 valence electrons. The molecule has 3 N–H and O–H groups in total. The zero-order valence-corrected chi connectivity index (χ0v) is 3.99. The standard InChI is InChI=1S/C5H10N2O/c6-2-4-1-5(8)7-3-4/h4H,1-3,6H2,(H,7,8)/i1D2,2D2,3D2,4D. The molecule has 0 spiro atoms. The number of hydrogen-bond donors (Lipinski definition) is 2. The minimum absolute atomic E-state index is 1.38. The van der Waals surface area contributed by atoms with Crippen molar-refractivity contribution in [2.75, 3.05) is 13.0 Å². The van der Waals surface area contributed by atoms with E-state index in [9.17, 15) is 4.79 Å². The quantitative estimate of drug-likeness (QED) is 0.471. The molecule has 0 radical (unpaired) electrons. The van der Waals surface area contributed by atoms with Gasteiger partial charge in [-0.05, 0) is 12.4 Å². The summed E-state index contributed by atoms with van der Waals surface area (Å²) < 4.78 is 50.8. The van der Waals surface area contributed by atoms with E-state index in [2.05, 4.69) is 0 Å². The molecule has 0 bridgehead atoms. The Morgan fingerprint density at radius 2 is 3.12 bits per heavy atom. The highest BCUT2D eigenvalue weighted by Gasteiger charge is 2.18. The Hall–Kier alpha value is -0.570. The van der Waals surface area contributed by atoms with E-state index >= 15 is 0 Å². The van der Waals surface area contributed by atoms with Gasteiger partial charge in [-0.25, -0.2) is 0 Å². The summed E-state index contributed by atoms with van der Waals surface area (Å²) >= 11 is 0. The monoisotopic (exact) mass is 121 g/mol. The fraction of sp³-hybridized carbons (Fsp3) is 0.800. The first-order chi connectivity index (χ1) is 6.38. The summed E-state index contributed by atoms with van der Waals surface area (Å²) in [6.07, 6.45) is -3.03. The normalized spacial score (nSPS) is 64.6. The number of amides is 1. The molecule has 1 rings (SSSR count). The van der Waals surface area contributed by atoms with E-state index in [0.29, 0.717) is 0 Å². The van der Waals surface area contributed by atoms with E-state index in [0.717, 1.165) is 0 Å². The Morgan fingerprint density at radius 3 is 3.38 bits per heavy atom. The van der Waals surface area contributed by atoms with Crippen LogP contribution in [0.4, 0.5) is 0 Å². The van der Waals surface area contributed by atoms with Crippen LogP contribution in [0.1, 0.15) is 16.0 Å². The first-order valence-corrected chi connectivity index (χ1v) is 1.99. The molecule has 1 aliphatic rings. The molecule has 0 aliphatic carbocycles.